The molecule has 86 valence electrons. The first-order valence-electron chi connectivity index (χ1n) is 6.30. The van der Waals surface area contributed by atoms with E-state index in [9.17, 15) is 0 Å². The summed E-state index contributed by atoms with van der Waals surface area (Å²) in [5.74, 6) is 0. The maximum atomic E-state index is 6.10. The van der Waals surface area contributed by atoms with E-state index in [1.165, 1.54) is 25.7 Å². The molecule has 0 aliphatic carbocycles. The third-order valence-electron chi connectivity index (χ3n) is 4.73. The second-order valence-corrected chi connectivity index (χ2v) is 5.74. The second kappa shape index (κ2) is 3.44. The molecule has 15 heavy (non-hydrogen) atoms. The fraction of sp³-hybridized carbons (Fsp3) is 1.00. The molecule has 0 aromatic rings. The van der Waals surface area contributed by atoms with E-state index < -0.39 is 0 Å². The first kappa shape index (κ1) is 10.1. The van der Waals surface area contributed by atoms with Gasteiger partial charge in [0.1, 0.15) is 0 Å². The zero-order valence-electron chi connectivity index (χ0n) is 9.61. The molecule has 3 heterocycles. The summed E-state index contributed by atoms with van der Waals surface area (Å²) in [7, 11) is 2.28. The zero-order chi connectivity index (χ0) is 10.5. The van der Waals surface area contributed by atoms with E-state index in [1.54, 1.807) is 0 Å². The van der Waals surface area contributed by atoms with Crippen LogP contribution in [-0.4, -0.2) is 42.3 Å². The van der Waals surface area contributed by atoms with E-state index >= 15 is 0 Å². The average Bonchev–Trinajstić information content (AvgIpc) is 2.45. The first-order chi connectivity index (χ1) is 7.19. The summed E-state index contributed by atoms with van der Waals surface area (Å²) in [6, 6.07) is 1.89. The van der Waals surface area contributed by atoms with Crippen LogP contribution in [0.4, 0.5) is 0 Å². The molecule has 3 nitrogen and oxygen atoms in total. The van der Waals surface area contributed by atoms with Crippen LogP contribution in [0.15, 0.2) is 0 Å². The van der Waals surface area contributed by atoms with E-state index in [2.05, 4.69) is 11.9 Å². The van der Waals surface area contributed by atoms with E-state index in [4.69, 9.17) is 10.5 Å². The van der Waals surface area contributed by atoms with Crippen molar-refractivity contribution in [2.75, 3.05) is 13.7 Å². The van der Waals surface area contributed by atoms with Gasteiger partial charge in [-0.05, 0) is 45.6 Å². The van der Waals surface area contributed by atoms with Crippen LogP contribution >= 0.6 is 0 Å². The molecule has 0 aromatic carbocycles. The van der Waals surface area contributed by atoms with Crippen LogP contribution in [0.3, 0.4) is 0 Å². The van der Waals surface area contributed by atoms with Crippen molar-refractivity contribution in [1.29, 1.82) is 0 Å². The molecule has 0 radical (unpaired) electrons. The van der Waals surface area contributed by atoms with Crippen molar-refractivity contribution in [3.8, 4) is 0 Å². The van der Waals surface area contributed by atoms with Crippen molar-refractivity contribution in [3.05, 3.63) is 0 Å². The van der Waals surface area contributed by atoms with Crippen molar-refractivity contribution in [1.82, 2.24) is 4.90 Å². The van der Waals surface area contributed by atoms with Crippen molar-refractivity contribution >= 4 is 0 Å². The van der Waals surface area contributed by atoms with E-state index in [1.807, 2.05) is 0 Å². The predicted molar refractivity (Wildman–Crippen MR) is 59.7 cm³/mol. The van der Waals surface area contributed by atoms with Crippen molar-refractivity contribution in [3.63, 3.8) is 0 Å². The topological polar surface area (TPSA) is 38.5 Å². The fourth-order valence-corrected chi connectivity index (χ4v) is 3.87. The molecule has 3 rings (SSSR count). The van der Waals surface area contributed by atoms with E-state index in [0.717, 1.165) is 31.5 Å². The van der Waals surface area contributed by atoms with Crippen LogP contribution in [-0.2, 0) is 4.74 Å². The second-order valence-electron chi connectivity index (χ2n) is 5.74. The largest absolute Gasteiger partial charge is 0.375 e. The molecule has 3 saturated heterocycles. The number of nitrogens with two attached hydrogens (primary N) is 1. The molecule has 0 amide bonds. The Balaban J connectivity index is 1.77. The summed E-state index contributed by atoms with van der Waals surface area (Å²) < 4.78 is 6.10. The van der Waals surface area contributed by atoms with Gasteiger partial charge in [0.15, 0.2) is 0 Å². The van der Waals surface area contributed by atoms with Gasteiger partial charge in [0.05, 0.1) is 5.60 Å². The van der Waals surface area contributed by atoms with Crippen LogP contribution < -0.4 is 5.73 Å². The van der Waals surface area contributed by atoms with Crippen molar-refractivity contribution in [2.24, 2.45) is 5.73 Å². The third-order valence-corrected chi connectivity index (χ3v) is 4.73. The highest BCUT2D eigenvalue weighted by Gasteiger charge is 2.49. The average molecular weight is 210 g/mol. The Bertz CT molecular complexity index is 242. The zero-order valence-corrected chi connectivity index (χ0v) is 9.61. The number of rotatable bonds is 0. The van der Waals surface area contributed by atoms with Crippen LogP contribution in [0.2, 0.25) is 0 Å². The summed E-state index contributed by atoms with van der Waals surface area (Å²) in [6.45, 7) is 0.879. The summed E-state index contributed by atoms with van der Waals surface area (Å²) in [5, 5.41) is 0. The molecule has 2 bridgehead atoms. The van der Waals surface area contributed by atoms with Gasteiger partial charge < -0.3 is 15.4 Å². The molecule has 3 fully saturated rings. The molecule has 0 aromatic heterocycles. The minimum atomic E-state index is 0.149. The van der Waals surface area contributed by atoms with Gasteiger partial charge in [-0.15, -0.1) is 0 Å². The number of ether oxygens (including phenoxy) is 1. The first-order valence-corrected chi connectivity index (χ1v) is 6.30. The standard InChI is InChI=1S/C12H22N2O/c1-14-10-2-3-11(14)8-12(7-10)6-9(13)4-5-15-12/h9-11H,2-8,13H2,1H3/t9-,10-,11-/m0/s1. The Hall–Kier alpha value is -0.120. The Kier molecular flexibility index (Phi) is 2.31. The van der Waals surface area contributed by atoms with Gasteiger partial charge in [-0.1, -0.05) is 0 Å². The monoisotopic (exact) mass is 210 g/mol. The van der Waals surface area contributed by atoms with Gasteiger partial charge in [-0.2, -0.15) is 0 Å². The molecule has 3 atom stereocenters. The number of fused-ring (bicyclic) bond motifs is 2. The number of hydrogen-bond acceptors (Lipinski definition) is 3. The van der Waals surface area contributed by atoms with Crippen molar-refractivity contribution in [2.45, 2.75) is 62.3 Å². The number of nitrogens with zero attached hydrogens (tertiary/aromatic N) is 1. The number of piperidine rings is 1. The minimum absolute atomic E-state index is 0.149. The molecule has 3 aliphatic heterocycles. The van der Waals surface area contributed by atoms with Gasteiger partial charge in [0.2, 0.25) is 0 Å². The molecular weight excluding hydrogens is 188 g/mol. The maximum absolute atomic E-state index is 6.10. The summed E-state index contributed by atoms with van der Waals surface area (Å²) in [4.78, 5) is 2.56. The molecule has 1 spiro atoms. The Morgan fingerprint density at radius 3 is 2.40 bits per heavy atom. The summed E-state index contributed by atoms with van der Waals surface area (Å²) in [5.41, 5.74) is 6.24. The minimum Gasteiger partial charge on any atom is -0.375 e. The fourth-order valence-electron chi connectivity index (χ4n) is 3.87. The van der Waals surface area contributed by atoms with E-state index in [0.29, 0.717) is 6.04 Å². The van der Waals surface area contributed by atoms with Crippen LogP contribution in [0.5, 0.6) is 0 Å². The highest BCUT2D eigenvalue weighted by Crippen LogP contribution is 2.45. The van der Waals surface area contributed by atoms with Crippen LogP contribution in [0.1, 0.15) is 38.5 Å². The lowest BCUT2D eigenvalue weighted by Crippen LogP contribution is -2.55. The molecule has 3 aliphatic rings. The highest BCUT2D eigenvalue weighted by molar-refractivity contribution is 5.04. The molecule has 2 N–H and O–H groups in total. The van der Waals surface area contributed by atoms with Gasteiger partial charge >= 0.3 is 0 Å². The predicted octanol–water partition coefficient (Wildman–Crippen LogP) is 1.12. The smallest absolute Gasteiger partial charge is 0.0727 e. The molecular formula is C12H22N2O. The third kappa shape index (κ3) is 1.61. The SMILES string of the molecule is CN1[C@H]2CC[C@H]1CC1(C[C@@H](N)CCO1)C2. The molecule has 0 saturated carbocycles. The van der Waals surface area contributed by atoms with Gasteiger partial charge in [0, 0.05) is 24.7 Å². The van der Waals surface area contributed by atoms with Gasteiger partial charge in [-0.25, -0.2) is 0 Å². The van der Waals surface area contributed by atoms with Crippen LogP contribution in [0.25, 0.3) is 0 Å². The maximum Gasteiger partial charge on any atom is 0.0727 e. The Morgan fingerprint density at radius 1 is 1.13 bits per heavy atom. The summed E-state index contributed by atoms with van der Waals surface area (Å²) in [6.07, 6.45) is 7.30. The Morgan fingerprint density at radius 2 is 1.80 bits per heavy atom. The highest BCUT2D eigenvalue weighted by atomic mass is 16.5. The molecule has 3 heteroatoms. The lowest BCUT2D eigenvalue weighted by Gasteiger charge is -2.48. The molecule has 0 unspecified atom stereocenters. The quantitative estimate of drug-likeness (QED) is 0.651. The Labute approximate surface area is 91.9 Å². The van der Waals surface area contributed by atoms with E-state index in [-0.39, 0.29) is 5.60 Å². The number of hydrogen-bond donors (Lipinski definition) is 1. The van der Waals surface area contributed by atoms with Gasteiger partial charge in [0.25, 0.3) is 0 Å². The lowest BCUT2D eigenvalue weighted by atomic mass is 9.79. The normalized spacial score (nSPS) is 51.2. The van der Waals surface area contributed by atoms with Crippen LogP contribution in [0, 0.1) is 0 Å². The summed E-state index contributed by atoms with van der Waals surface area (Å²) >= 11 is 0. The van der Waals surface area contributed by atoms with Crippen molar-refractivity contribution < 1.29 is 4.74 Å². The van der Waals surface area contributed by atoms with Gasteiger partial charge in [-0.3, -0.25) is 0 Å². The lowest BCUT2D eigenvalue weighted by molar-refractivity contribution is -0.129.